The molecule has 0 saturated heterocycles. The Labute approximate surface area is 148 Å². The zero-order chi connectivity index (χ0) is 19.0. The molecule has 0 unspecified atom stereocenters. The molecular formula is C20H28O5. The zero-order valence-corrected chi connectivity index (χ0v) is 15.5. The van der Waals surface area contributed by atoms with Gasteiger partial charge in [-0.1, -0.05) is 26.3 Å². The standard InChI is InChI=1S/C20H28O5/c1-12(9-17(22)23)5-7-19(3)13(2)6-8-20(4)15(18(24)25)10-14(21)11-16(19)20/h9-10,13,16H,5-8,11H2,1-4H3,(H,22,23)(H,24,25)/b12-9-/t13-,16-,19+,20-/m1/s1. The fraction of sp³-hybridized carbons (Fsp3) is 0.650. The number of fused-ring (bicyclic) bond motifs is 1. The van der Waals surface area contributed by atoms with Gasteiger partial charge in [-0.2, -0.15) is 0 Å². The SMILES string of the molecule is C/C(=C/C(=O)O)CC[C@@]1(C)[C@H](C)CC[C@]2(C)C(C(=O)O)=CC(=O)C[C@H]12. The lowest BCUT2D eigenvalue weighted by Gasteiger charge is -2.57. The average Bonchev–Trinajstić information content (AvgIpc) is 2.50. The van der Waals surface area contributed by atoms with E-state index in [4.69, 9.17) is 5.11 Å². The van der Waals surface area contributed by atoms with Gasteiger partial charge in [-0.05, 0) is 55.9 Å². The summed E-state index contributed by atoms with van der Waals surface area (Å²) in [5.74, 6) is -1.75. The van der Waals surface area contributed by atoms with Crippen LogP contribution < -0.4 is 0 Å². The summed E-state index contributed by atoms with van der Waals surface area (Å²) >= 11 is 0. The fourth-order valence-electron chi connectivity index (χ4n) is 4.93. The van der Waals surface area contributed by atoms with Gasteiger partial charge < -0.3 is 10.2 Å². The summed E-state index contributed by atoms with van der Waals surface area (Å²) in [7, 11) is 0. The van der Waals surface area contributed by atoms with E-state index in [1.165, 1.54) is 12.2 Å². The Morgan fingerprint density at radius 1 is 1.32 bits per heavy atom. The van der Waals surface area contributed by atoms with Crippen LogP contribution in [-0.4, -0.2) is 27.9 Å². The Morgan fingerprint density at radius 2 is 1.96 bits per heavy atom. The van der Waals surface area contributed by atoms with E-state index in [1.807, 2.05) is 6.92 Å². The predicted octanol–water partition coefficient (Wildman–Crippen LogP) is 3.84. The molecule has 25 heavy (non-hydrogen) atoms. The van der Waals surface area contributed by atoms with Crippen molar-refractivity contribution in [3.8, 4) is 0 Å². The van der Waals surface area contributed by atoms with E-state index < -0.39 is 17.4 Å². The first kappa shape index (κ1) is 19.4. The molecule has 2 rings (SSSR count). The molecule has 0 bridgehead atoms. The Balaban J connectivity index is 2.37. The molecule has 0 radical (unpaired) electrons. The Bertz CT molecular complexity index is 659. The quantitative estimate of drug-likeness (QED) is 0.737. The summed E-state index contributed by atoms with van der Waals surface area (Å²) in [6.45, 7) is 8.10. The molecule has 2 aliphatic rings. The van der Waals surface area contributed by atoms with E-state index in [0.717, 1.165) is 24.8 Å². The third-order valence-electron chi connectivity index (χ3n) is 6.77. The topological polar surface area (TPSA) is 91.7 Å². The molecule has 5 nitrogen and oxygen atoms in total. The highest BCUT2D eigenvalue weighted by molar-refractivity contribution is 6.01. The van der Waals surface area contributed by atoms with Crippen molar-refractivity contribution in [1.29, 1.82) is 0 Å². The molecule has 0 amide bonds. The molecule has 4 atom stereocenters. The van der Waals surface area contributed by atoms with Gasteiger partial charge in [-0.15, -0.1) is 0 Å². The van der Waals surface area contributed by atoms with Crippen LogP contribution in [0.25, 0.3) is 0 Å². The smallest absolute Gasteiger partial charge is 0.332 e. The van der Waals surface area contributed by atoms with Crippen molar-refractivity contribution in [2.45, 2.75) is 59.8 Å². The summed E-state index contributed by atoms with van der Waals surface area (Å²) in [5, 5.41) is 18.5. The number of hydrogen-bond donors (Lipinski definition) is 2. The maximum absolute atomic E-state index is 12.2. The molecule has 2 aliphatic carbocycles. The van der Waals surface area contributed by atoms with E-state index >= 15 is 0 Å². The first-order valence-corrected chi connectivity index (χ1v) is 8.89. The van der Waals surface area contributed by atoms with E-state index in [9.17, 15) is 19.5 Å². The molecule has 5 heteroatoms. The Morgan fingerprint density at radius 3 is 2.52 bits per heavy atom. The molecule has 1 saturated carbocycles. The van der Waals surface area contributed by atoms with Crippen LogP contribution in [0.2, 0.25) is 0 Å². The molecular weight excluding hydrogens is 320 g/mol. The largest absolute Gasteiger partial charge is 0.478 e. The number of carboxylic acids is 2. The Hall–Kier alpha value is -1.91. The fourth-order valence-corrected chi connectivity index (χ4v) is 4.93. The number of carbonyl (C=O) groups is 3. The molecule has 0 aliphatic heterocycles. The van der Waals surface area contributed by atoms with Gasteiger partial charge in [0.2, 0.25) is 0 Å². The van der Waals surface area contributed by atoms with E-state index in [2.05, 4.69) is 13.8 Å². The molecule has 0 heterocycles. The second-order valence-corrected chi connectivity index (χ2v) is 8.28. The maximum Gasteiger partial charge on any atom is 0.332 e. The Kier molecular flexibility index (Phi) is 5.26. The lowest BCUT2D eigenvalue weighted by molar-refractivity contribution is -0.140. The van der Waals surface area contributed by atoms with Gasteiger partial charge in [-0.3, -0.25) is 4.79 Å². The predicted molar refractivity (Wildman–Crippen MR) is 94.1 cm³/mol. The van der Waals surface area contributed by atoms with Gasteiger partial charge in [-0.25, -0.2) is 9.59 Å². The highest BCUT2D eigenvalue weighted by Crippen LogP contribution is 2.61. The number of aliphatic carboxylic acids is 2. The number of carboxylic acid groups (broad SMARTS) is 2. The van der Waals surface area contributed by atoms with Crippen LogP contribution in [0, 0.1) is 22.7 Å². The van der Waals surface area contributed by atoms with Crippen LogP contribution in [0.5, 0.6) is 0 Å². The van der Waals surface area contributed by atoms with Crippen molar-refractivity contribution in [2.75, 3.05) is 0 Å². The maximum atomic E-state index is 12.2. The molecule has 0 spiro atoms. The lowest BCUT2D eigenvalue weighted by Crippen LogP contribution is -2.52. The number of rotatable bonds is 5. The first-order chi connectivity index (χ1) is 11.5. The van der Waals surface area contributed by atoms with E-state index in [1.54, 1.807) is 6.92 Å². The molecule has 0 aromatic rings. The average molecular weight is 348 g/mol. The van der Waals surface area contributed by atoms with Crippen LogP contribution in [-0.2, 0) is 14.4 Å². The minimum Gasteiger partial charge on any atom is -0.478 e. The third kappa shape index (κ3) is 3.55. The molecule has 1 fully saturated rings. The third-order valence-corrected chi connectivity index (χ3v) is 6.77. The summed E-state index contributed by atoms with van der Waals surface area (Å²) in [4.78, 5) is 34.8. The van der Waals surface area contributed by atoms with Crippen molar-refractivity contribution in [3.05, 3.63) is 23.3 Å². The lowest BCUT2D eigenvalue weighted by atomic mass is 9.46. The van der Waals surface area contributed by atoms with Gasteiger partial charge >= 0.3 is 11.9 Å². The van der Waals surface area contributed by atoms with Crippen molar-refractivity contribution in [3.63, 3.8) is 0 Å². The molecule has 138 valence electrons. The normalized spacial score (nSPS) is 35.8. The van der Waals surface area contributed by atoms with Gasteiger partial charge in [0, 0.05) is 23.5 Å². The minimum absolute atomic E-state index is 0.0371. The van der Waals surface area contributed by atoms with Crippen LogP contribution in [0.1, 0.15) is 59.8 Å². The second-order valence-electron chi connectivity index (χ2n) is 8.28. The zero-order valence-electron chi connectivity index (χ0n) is 15.5. The summed E-state index contributed by atoms with van der Waals surface area (Å²) in [6, 6.07) is 0. The van der Waals surface area contributed by atoms with Gasteiger partial charge in [0.1, 0.15) is 0 Å². The van der Waals surface area contributed by atoms with Gasteiger partial charge in [0.15, 0.2) is 5.78 Å². The van der Waals surface area contributed by atoms with Crippen molar-refractivity contribution < 1.29 is 24.6 Å². The van der Waals surface area contributed by atoms with Crippen LogP contribution in [0.15, 0.2) is 23.3 Å². The van der Waals surface area contributed by atoms with Gasteiger partial charge in [0.25, 0.3) is 0 Å². The van der Waals surface area contributed by atoms with E-state index in [-0.39, 0.29) is 22.7 Å². The van der Waals surface area contributed by atoms with Crippen LogP contribution in [0.4, 0.5) is 0 Å². The van der Waals surface area contributed by atoms with Crippen molar-refractivity contribution >= 4 is 17.7 Å². The summed E-state index contributed by atoms with van der Waals surface area (Å²) in [5.41, 5.74) is 0.324. The van der Waals surface area contributed by atoms with Crippen LogP contribution in [0.3, 0.4) is 0 Å². The molecule has 0 aromatic heterocycles. The highest BCUT2D eigenvalue weighted by atomic mass is 16.4. The van der Waals surface area contributed by atoms with E-state index in [0.29, 0.717) is 18.8 Å². The second kappa shape index (κ2) is 6.77. The van der Waals surface area contributed by atoms with Crippen molar-refractivity contribution in [2.24, 2.45) is 22.7 Å². The first-order valence-electron chi connectivity index (χ1n) is 8.89. The number of allylic oxidation sites excluding steroid dienone is 2. The summed E-state index contributed by atoms with van der Waals surface area (Å²) in [6.07, 6.45) is 5.99. The number of hydrogen-bond acceptors (Lipinski definition) is 3. The van der Waals surface area contributed by atoms with Crippen LogP contribution >= 0.6 is 0 Å². The highest BCUT2D eigenvalue weighted by Gasteiger charge is 2.56. The van der Waals surface area contributed by atoms with Gasteiger partial charge in [0.05, 0.1) is 0 Å². The number of carbonyl (C=O) groups excluding carboxylic acids is 1. The minimum atomic E-state index is -1.00. The summed E-state index contributed by atoms with van der Waals surface area (Å²) < 4.78 is 0. The van der Waals surface area contributed by atoms with Crippen molar-refractivity contribution in [1.82, 2.24) is 0 Å². The number of ketones is 1. The molecule has 2 N–H and O–H groups in total. The monoisotopic (exact) mass is 348 g/mol. The molecule has 0 aromatic carbocycles.